The van der Waals surface area contributed by atoms with E-state index in [9.17, 15) is 9.59 Å². The van der Waals surface area contributed by atoms with Crippen molar-refractivity contribution in [1.29, 1.82) is 0 Å². The Morgan fingerprint density at radius 1 is 0.967 bits per heavy atom. The predicted octanol–water partition coefficient (Wildman–Crippen LogP) is 4.29. The number of hydrogen-bond acceptors (Lipinski definition) is 3. The summed E-state index contributed by atoms with van der Waals surface area (Å²) in [6.07, 6.45) is 4.33. The van der Waals surface area contributed by atoms with E-state index in [4.69, 9.17) is 10.5 Å². The molecule has 5 heteroatoms. The van der Waals surface area contributed by atoms with E-state index in [1.54, 1.807) is 24.3 Å². The van der Waals surface area contributed by atoms with Crippen LogP contribution in [0.5, 0.6) is 5.75 Å². The number of hydrogen-bond donors (Lipinski definition) is 1. The van der Waals surface area contributed by atoms with Gasteiger partial charge < -0.3 is 15.4 Å². The molecule has 0 radical (unpaired) electrons. The van der Waals surface area contributed by atoms with Crippen molar-refractivity contribution in [1.82, 2.24) is 4.90 Å². The molecule has 0 aromatic heterocycles. The summed E-state index contributed by atoms with van der Waals surface area (Å²) in [5.74, 6) is -0.0918. The summed E-state index contributed by atoms with van der Waals surface area (Å²) in [6, 6.07) is 21.3. The molecule has 5 nitrogen and oxygen atoms in total. The van der Waals surface area contributed by atoms with Gasteiger partial charge in [0.05, 0.1) is 0 Å². The number of primary amides is 1. The first-order chi connectivity index (χ1) is 14.6. The number of benzene rings is 3. The first-order valence-electron chi connectivity index (χ1n) is 10.4. The maximum atomic E-state index is 13.2. The molecule has 0 unspecified atom stereocenters. The van der Waals surface area contributed by atoms with Gasteiger partial charge in [0, 0.05) is 18.2 Å². The van der Waals surface area contributed by atoms with Crippen molar-refractivity contribution in [2.45, 2.75) is 38.3 Å². The van der Waals surface area contributed by atoms with E-state index in [1.165, 1.54) is 10.8 Å². The van der Waals surface area contributed by atoms with Gasteiger partial charge in [-0.15, -0.1) is 0 Å². The summed E-state index contributed by atoms with van der Waals surface area (Å²) < 4.78 is 5.73. The number of carbonyl (C=O) groups excluding carboxylic acids is 2. The minimum Gasteiger partial charge on any atom is -0.484 e. The van der Waals surface area contributed by atoms with Crippen LogP contribution in [0.1, 0.15) is 41.6 Å². The molecule has 30 heavy (non-hydrogen) atoms. The van der Waals surface area contributed by atoms with Crippen molar-refractivity contribution >= 4 is 22.6 Å². The highest BCUT2D eigenvalue weighted by atomic mass is 16.5. The first kappa shape index (κ1) is 20.0. The lowest BCUT2D eigenvalue weighted by atomic mass is 10.0. The Labute approximate surface area is 176 Å². The van der Waals surface area contributed by atoms with Gasteiger partial charge in [-0.2, -0.15) is 0 Å². The molecule has 2 N–H and O–H groups in total. The number of nitrogens with zero attached hydrogens (tertiary/aromatic N) is 1. The van der Waals surface area contributed by atoms with Gasteiger partial charge in [-0.05, 0) is 47.4 Å². The minimum atomic E-state index is -0.518. The van der Waals surface area contributed by atoms with Crippen molar-refractivity contribution in [2.24, 2.45) is 5.73 Å². The second kappa shape index (κ2) is 8.99. The molecule has 0 saturated heterocycles. The van der Waals surface area contributed by atoms with Crippen LogP contribution >= 0.6 is 0 Å². The molecule has 2 amide bonds. The summed E-state index contributed by atoms with van der Waals surface area (Å²) in [4.78, 5) is 26.5. The minimum absolute atomic E-state index is 0.0423. The quantitative estimate of drug-likeness (QED) is 0.641. The molecular formula is C25H26N2O3. The maximum Gasteiger partial charge on any atom is 0.261 e. The van der Waals surface area contributed by atoms with Crippen LogP contribution in [0, 0.1) is 0 Å². The van der Waals surface area contributed by atoms with E-state index in [0.717, 1.165) is 31.2 Å². The second-order valence-electron chi connectivity index (χ2n) is 7.78. The van der Waals surface area contributed by atoms with Gasteiger partial charge in [0.15, 0.2) is 6.61 Å². The van der Waals surface area contributed by atoms with E-state index < -0.39 is 5.91 Å². The molecule has 1 aliphatic carbocycles. The van der Waals surface area contributed by atoms with Crippen LogP contribution in [0.2, 0.25) is 0 Å². The monoisotopic (exact) mass is 402 g/mol. The summed E-state index contributed by atoms with van der Waals surface area (Å²) >= 11 is 0. The molecule has 1 saturated carbocycles. The van der Waals surface area contributed by atoms with Crippen LogP contribution in [0.3, 0.4) is 0 Å². The van der Waals surface area contributed by atoms with E-state index in [2.05, 4.69) is 24.3 Å². The zero-order valence-electron chi connectivity index (χ0n) is 16.9. The van der Waals surface area contributed by atoms with Gasteiger partial charge in [-0.25, -0.2) is 0 Å². The highest BCUT2D eigenvalue weighted by molar-refractivity contribution is 5.93. The van der Waals surface area contributed by atoms with Crippen molar-refractivity contribution in [3.05, 3.63) is 77.9 Å². The molecule has 1 fully saturated rings. The molecule has 0 spiro atoms. The van der Waals surface area contributed by atoms with Crippen molar-refractivity contribution in [3.63, 3.8) is 0 Å². The van der Waals surface area contributed by atoms with Gasteiger partial charge in [0.2, 0.25) is 5.91 Å². The average molecular weight is 402 g/mol. The van der Waals surface area contributed by atoms with Crippen LogP contribution in [0.4, 0.5) is 0 Å². The summed E-state index contributed by atoms with van der Waals surface area (Å²) in [5.41, 5.74) is 6.84. The van der Waals surface area contributed by atoms with Crippen LogP contribution < -0.4 is 10.5 Å². The van der Waals surface area contributed by atoms with E-state index in [0.29, 0.717) is 17.9 Å². The van der Waals surface area contributed by atoms with Crippen molar-refractivity contribution in [2.75, 3.05) is 6.61 Å². The zero-order valence-corrected chi connectivity index (χ0v) is 16.9. The third-order valence-electron chi connectivity index (χ3n) is 5.79. The summed E-state index contributed by atoms with van der Waals surface area (Å²) in [7, 11) is 0. The Bertz CT molecular complexity index is 1050. The van der Waals surface area contributed by atoms with Gasteiger partial charge in [0.25, 0.3) is 5.91 Å². The predicted molar refractivity (Wildman–Crippen MR) is 117 cm³/mol. The Morgan fingerprint density at radius 2 is 1.70 bits per heavy atom. The number of nitrogens with two attached hydrogens (primary N) is 1. The lowest BCUT2D eigenvalue weighted by Gasteiger charge is -2.29. The first-order valence-corrected chi connectivity index (χ1v) is 10.4. The number of fused-ring (bicyclic) bond motifs is 1. The SMILES string of the molecule is NC(=O)c1cccc(OCC(=O)N(Cc2cccc3ccccc23)C2CCCC2)c1. The number of ether oxygens (including phenoxy) is 1. The van der Waals surface area contributed by atoms with Crippen LogP contribution in [0.15, 0.2) is 66.7 Å². The second-order valence-corrected chi connectivity index (χ2v) is 7.78. The fourth-order valence-corrected chi connectivity index (χ4v) is 4.22. The molecular weight excluding hydrogens is 376 g/mol. The fraction of sp³-hybridized carbons (Fsp3) is 0.280. The van der Waals surface area contributed by atoms with Crippen LogP contribution in [0.25, 0.3) is 10.8 Å². The normalized spacial score (nSPS) is 14.0. The summed E-state index contributed by atoms with van der Waals surface area (Å²) in [5, 5.41) is 2.35. The van der Waals surface area contributed by atoms with Gasteiger partial charge in [0.1, 0.15) is 5.75 Å². The Balaban J connectivity index is 1.52. The van der Waals surface area contributed by atoms with Crippen molar-refractivity contribution < 1.29 is 14.3 Å². The highest BCUT2D eigenvalue weighted by Gasteiger charge is 2.27. The molecule has 0 heterocycles. The largest absolute Gasteiger partial charge is 0.484 e. The Morgan fingerprint density at radius 3 is 2.50 bits per heavy atom. The standard InChI is InChI=1S/C25H26N2O3/c26-25(29)19-9-6-13-22(15-19)30-17-24(28)27(21-11-2-3-12-21)16-20-10-5-8-18-7-1-4-14-23(18)20/h1,4-10,13-15,21H,2-3,11-12,16-17H2,(H2,26,29). The Kier molecular flexibility index (Phi) is 5.98. The lowest BCUT2D eigenvalue weighted by molar-refractivity contribution is -0.136. The zero-order chi connectivity index (χ0) is 20.9. The third kappa shape index (κ3) is 4.46. The molecule has 0 atom stereocenters. The van der Waals surface area contributed by atoms with Crippen LogP contribution in [-0.2, 0) is 11.3 Å². The van der Waals surface area contributed by atoms with Gasteiger partial charge >= 0.3 is 0 Å². The van der Waals surface area contributed by atoms with E-state index in [-0.39, 0.29) is 18.6 Å². The number of carbonyl (C=O) groups is 2. The topological polar surface area (TPSA) is 72.6 Å². The molecule has 1 aliphatic rings. The smallest absolute Gasteiger partial charge is 0.261 e. The molecule has 3 aromatic rings. The Hall–Kier alpha value is -3.34. The third-order valence-corrected chi connectivity index (χ3v) is 5.79. The molecule has 3 aromatic carbocycles. The summed E-state index contributed by atoms with van der Waals surface area (Å²) in [6.45, 7) is 0.499. The number of rotatable bonds is 7. The van der Waals surface area contributed by atoms with Gasteiger partial charge in [-0.3, -0.25) is 9.59 Å². The van der Waals surface area contributed by atoms with Crippen molar-refractivity contribution in [3.8, 4) is 5.75 Å². The maximum absolute atomic E-state index is 13.2. The van der Waals surface area contributed by atoms with E-state index in [1.807, 2.05) is 23.1 Å². The van der Waals surface area contributed by atoms with E-state index >= 15 is 0 Å². The highest BCUT2D eigenvalue weighted by Crippen LogP contribution is 2.27. The average Bonchev–Trinajstić information content (AvgIpc) is 3.30. The van der Waals surface area contributed by atoms with Crippen LogP contribution in [-0.4, -0.2) is 29.4 Å². The van der Waals surface area contributed by atoms with Gasteiger partial charge in [-0.1, -0.05) is 61.4 Å². The lowest BCUT2D eigenvalue weighted by Crippen LogP contribution is -2.41. The molecule has 0 aliphatic heterocycles. The molecule has 154 valence electrons. The molecule has 0 bridgehead atoms. The molecule has 4 rings (SSSR count). The number of amides is 2. The fourth-order valence-electron chi connectivity index (χ4n) is 4.22.